The molecule has 0 aromatic heterocycles. The number of nitrogens with one attached hydrogen (secondary N) is 2. The Morgan fingerprint density at radius 3 is 2.54 bits per heavy atom. The average Bonchev–Trinajstić information content (AvgIpc) is 2.57. The van der Waals surface area contributed by atoms with Crippen molar-refractivity contribution in [2.45, 2.75) is 20.3 Å². The molecule has 0 fully saturated rings. The van der Waals surface area contributed by atoms with Gasteiger partial charge in [-0.2, -0.15) is 5.26 Å². The second-order valence-electron chi connectivity index (χ2n) is 5.46. The number of nitrogens with zero attached hydrogens (tertiary/aromatic N) is 1. The second-order valence-corrected chi connectivity index (χ2v) is 5.46. The molecule has 0 bridgehead atoms. The van der Waals surface area contributed by atoms with Crippen molar-refractivity contribution >= 4 is 11.7 Å². The molecule has 2 N–H and O–H groups in total. The number of hydrogen-bond acceptors (Lipinski definition) is 3. The molecular formula is C19H21N3O2. The number of urea groups is 1. The molecule has 0 atom stereocenters. The Labute approximate surface area is 142 Å². The molecule has 124 valence electrons. The summed E-state index contributed by atoms with van der Waals surface area (Å²) in [5.41, 5.74) is 3.15. The number of carbonyl (C=O) groups is 1. The van der Waals surface area contributed by atoms with Crippen molar-refractivity contribution in [3.05, 3.63) is 59.2 Å². The van der Waals surface area contributed by atoms with Crippen molar-refractivity contribution in [1.29, 1.82) is 5.26 Å². The highest BCUT2D eigenvalue weighted by molar-refractivity contribution is 5.90. The van der Waals surface area contributed by atoms with Crippen molar-refractivity contribution in [2.75, 3.05) is 18.5 Å². The van der Waals surface area contributed by atoms with E-state index in [9.17, 15) is 4.79 Å². The zero-order valence-electron chi connectivity index (χ0n) is 13.9. The fourth-order valence-electron chi connectivity index (χ4n) is 2.33. The molecule has 0 saturated carbocycles. The van der Waals surface area contributed by atoms with Crippen molar-refractivity contribution in [3.63, 3.8) is 0 Å². The van der Waals surface area contributed by atoms with Crippen LogP contribution < -0.4 is 15.4 Å². The Morgan fingerprint density at radius 2 is 1.83 bits per heavy atom. The highest BCUT2D eigenvalue weighted by atomic mass is 16.5. The molecule has 24 heavy (non-hydrogen) atoms. The Bertz CT molecular complexity index is 730. The van der Waals surface area contributed by atoms with Crippen molar-refractivity contribution in [2.24, 2.45) is 0 Å². The van der Waals surface area contributed by atoms with Crippen LogP contribution in [0.25, 0.3) is 0 Å². The lowest BCUT2D eigenvalue weighted by molar-refractivity contribution is 0.250. The van der Waals surface area contributed by atoms with Crippen LogP contribution in [-0.2, 0) is 0 Å². The summed E-state index contributed by atoms with van der Waals surface area (Å²) < 4.78 is 5.79. The van der Waals surface area contributed by atoms with Gasteiger partial charge in [-0.15, -0.1) is 0 Å². The molecule has 0 radical (unpaired) electrons. The number of hydrogen-bond donors (Lipinski definition) is 2. The van der Waals surface area contributed by atoms with Crippen LogP contribution in [0.2, 0.25) is 0 Å². The van der Waals surface area contributed by atoms with Crippen LogP contribution in [0, 0.1) is 25.2 Å². The SMILES string of the molecule is Cc1cccc(C)c1OCCCNC(=O)Nc1ccccc1C#N. The molecule has 2 amide bonds. The van der Waals surface area contributed by atoms with E-state index in [2.05, 4.69) is 10.6 Å². The Hall–Kier alpha value is -3.00. The van der Waals surface area contributed by atoms with Gasteiger partial charge >= 0.3 is 6.03 Å². The summed E-state index contributed by atoms with van der Waals surface area (Å²) >= 11 is 0. The number of benzene rings is 2. The lowest BCUT2D eigenvalue weighted by Gasteiger charge is -2.12. The summed E-state index contributed by atoms with van der Waals surface area (Å²) in [6, 6.07) is 14.6. The van der Waals surface area contributed by atoms with Crippen LogP contribution in [-0.4, -0.2) is 19.2 Å². The zero-order valence-corrected chi connectivity index (χ0v) is 13.9. The molecule has 2 aromatic rings. The highest BCUT2D eigenvalue weighted by Gasteiger charge is 2.06. The third kappa shape index (κ3) is 4.75. The number of aryl methyl sites for hydroxylation is 2. The number of amides is 2. The predicted octanol–water partition coefficient (Wildman–Crippen LogP) is 3.77. The van der Waals surface area contributed by atoms with Gasteiger partial charge in [0.25, 0.3) is 0 Å². The van der Waals surface area contributed by atoms with Crippen molar-refractivity contribution in [3.8, 4) is 11.8 Å². The van der Waals surface area contributed by atoms with Gasteiger partial charge in [-0.25, -0.2) is 4.79 Å². The first-order chi connectivity index (χ1) is 11.6. The maximum Gasteiger partial charge on any atom is 0.319 e. The number of ether oxygens (including phenoxy) is 1. The van der Waals surface area contributed by atoms with Crippen molar-refractivity contribution < 1.29 is 9.53 Å². The van der Waals surface area contributed by atoms with Crippen LogP contribution in [0.3, 0.4) is 0 Å². The quantitative estimate of drug-likeness (QED) is 0.795. The lowest BCUT2D eigenvalue weighted by atomic mass is 10.1. The van der Waals surface area contributed by atoms with Gasteiger partial charge < -0.3 is 15.4 Å². The molecule has 0 unspecified atom stereocenters. The molecule has 5 heteroatoms. The summed E-state index contributed by atoms with van der Waals surface area (Å²) in [5.74, 6) is 0.907. The molecule has 0 spiro atoms. The topological polar surface area (TPSA) is 74.2 Å². The molecule has 0 heterocycles. The molecule has 5 nitrogen and oxygen atoms in total. The minimum absolute atomic E-state index is 0.329. The van der Waals surface area contributed by atoms with E-state index in [-0.39, 0.29) is 6.03 Å². The van der Waals surface area contributed by atoms with Gasteiger partial charge in [0.05, 0.1) is 17.9 Å². The van der Waals surface area contributed by atoms with E-state index >= 15 is 0 Å². The van der Waals surface area contributed by atoms with E-state index < -0.39 is 0 Å². The van der Waals surface area contributed by atoms with Gasteiger partial charge in [0, 0.05) is 6.54 Å². The second kappa shape index (κ2) is 8.59. The minimum atomic E-state index is -0.329. The average molecular weight is 323 g/mol. The Kier molecular flexibility index (Phi) is 6.21. The van der Waals surface area contributed by atoms with Gasteiger partial charge in [-0.05, 0) is 43.5 Å². The van der Waals surface area contributed by atoms with Crippen LogP contribution in [0.5, 0.6) is 5.75 Å². The standard InChI is InChI=1S/C19H21N3O2/c1-14-7-5-8-15(2)18(14)24-12-6-11-21-19(23)22-17-10-4-3-9-16(17)13-20/h3-5,7-10H,6,11-12H2,1-2H3,(H2,21,22,23). The van der Waals surface area contributed by atoms with Crippen LogP contribution in [0.4, 0.5) is 10.5 Å². The third-order valence-electron chi connectivity index (χ3n) is 3.56. The minimum Gasteiger partial charge on any atom is -0.493 e. The van der Waals surface area contributed by atoms with E-state index in [0.29, 0.717) is 30.8 Å². The predicted molar refractivity (Wildman–Crippen MR) is 94.2 cm³/mol. The first-order valence-electron chi connectivity index (χ1n) is 7.85. The van der Waals surface area contributed by atoms with Crippen LogP contribution in [0.15, 0.2) is 42.5 Å². The Morgan fingerprint density at radius 1 is 1.12 bits per heavy atom. The van der Waals surface area contributed by atoms with Gasteiger partial charge in [-0.3, -0.25) is 0 Å². The summed E-state index contributed by atoms with van der Waals surface area (Å²) in [4.78, 5) is 11.8. The van der Waals surface area contributed by atoms with E-state index in [1.807, 2.05) is 38.1 Å². The number of carbonyl (C=O) groups excluding carboxylic acids is 1. The largest absolute Gasteiger partial charge is 0.493 e. The smallest absolute Gasteiger partial charge is 0.319 e. The van der Waals surface area contributed by atoms with E-state index in [4.69, 9.17) is 10.00 Å². The summed E-state index contributed by atoms with van der Waals surface area (Å²) in [6.07, 6.45) is 0.696. The molecule has 0 aliphatic carbocycles. The molecular weight excluding hydrogens is 302 g/mol. The number of nitriles is 1. The van der Waals surface area contributed by atoms with Crippen LogP contribution in [0.1, 0.15) is 23.1 Å². The fourth-order valence-corrected chi connectivity index (χ4v) is 2.33. The highest BCUT2D eigenvalue weighted by Crippen LogP contribution is 2.22. The monoisotopic (exact) mass is 323 g/mol. The van der Waals surface area contributed by atoms with E-state index in [1.54, 1.807) is 24.3 Å². The molecule has 2 aromatic carbocycles. The van der Waals surface area contributed by atoms with E-state index in [0.717, 1.165) is 16.9 Å². The number of para-hydroxylation sites is 2. The molecule has 2 rings (SSSR count). The number of anilines is 1. The maximum atomic E-state index is 11.8. The number of rotatable bonds is 6. The normalized spacial score (nSPS) is 9.88. The van der Waals surface area contributed by atoms with Gasteiger partial charge in [0.15, 0.2) is 0 Å². The zero-order chi connectivity index (χ0) is 17.4. The van der Waals surface area contributed by atoms with Gasteiger partial charge in [0.2, 0.25) is 0 Å². The van der Waals surface area contributed by atoms with Crippen LogP contribution >= 0.6 is 0 Å². The van der Waals surface area contributed by atoms with Gasteiger partial charge in [0.1, 0.15) is 11.8 Å². The fraction of sp³-hybridized carbons (Fsp3) is 0.263. The molecule has 0 aliphatic rings. The first kappa shape index (κ1) is 17.4. The van der Waals surface area contributed by atoms with Gasteiger partial charge in [-0.1, -0.05) is 30.3 Å². The lowest BCUT2D eigenvalue weighted by Crippen LogP contribution is -2.30. The Balaban J connectivity index is 1.73. The third-order valence-corrected chi connectivity index (χ3v) is 3.56. The maximum absolute atomic E-state index is 11.8. The van der Waals surface area contributed by atoms with Crippen molar-refractivity contribution in [1.82, 2.24) is 5.32 Å². The van der Waals surface area contributed by atoms with E-state index in [1.165, 1.54) is 0 Å². The summed E-state index contributed by atoms with van der Waals surface area (Å²) in [6.45, 7) is 5.05. The summed E-state index contributed by atoms with van der Waals surface area (Å²) in [5, 5.41) is 14.4. The molecule has 0 saturated heterocycles. The molecule has 0 aliphatic heterocycles. The first-order valence-corrected chi connectivity index (χ1v) is 7.85. The summed E-state index contributed by atoms with van der Waals surface area (Å²) in [7, 11) is 0.